The van der Waals surface area contributed by atoms with E-state index in [4.69, 9.17) is 21.1 Å². The summed E-state index contributed by atoms with van der Waals surface area (Å²) in [6, 6.07) is 5.38. The van der Waals surface area contributed by atoms with Gasteiger partial charge in [0.1, 0.15) is 5.52 Å². The Morgan fingerprint density at radius 3 is 2.88 bits per heavy atom. The van der Waals surface area contributed by atoms with Crippen LogP contribution in [0.25, 0.3) is 10.9 Å². The van der Waals surface area contributed by atoms with E-state index in [1.807, 2.05) is 19.9 Å². The van der Waals surface area contributed by atoms with Crippen molar-refractivity contribution < 1.29 is 19.1 Å². The van der Waals surface area contributed by atoms with Gasteiger partial charge in [0.25, 0.3) is 5.91 Å². The Balaban J connectivity index is 1.96. The maximum absolute atomic E-state index is 11.8. The van der Waals surface area contributed by atoms with Crippen LogP contribution in [0.1, 0.15) is 20.3 Å². The molecule has 1 amide bonds. The second-order valence-electron chi connectivity index (χ2n) is 5.40. The first kappa shape index (κ1) is 19.7. The smallest absolute Gasteiger partial charge is 0.344 e. The van der Waals surface area contributed by atoms with Crippen LogP contribution in [-0.4, -0.2) is 36.1 Å². The van der Waals surface area contributed by atoms with Crippen LogP contribution in [0.3, 0.4) is 0 Å². The van der Waals surface area contributed by atoms with Crippen molar-refractivity contribution in [2.45, 2.75) is 26.3 Å². The summed E-state index contributed by atoms with van der Waals surface area (Å²) in [5, 5.41) is 4.01. The fourth-order valence-electron chi connectivity index (χ4n) is 2.02. The lowest BCUT2D eigenvalue weighted by Crippen LogP contribution is -2.35. The average molecular weight is 477 g/mol. The van der Waals surface area contributed by atoms with Crippen LogP contribution >= 0.6 is 34.2 Å². The molecule has 1 aromatic heterocycles. The van der Waals surface area contributed by atoms with Crippen molar-refractivity contribution in [2.75, 3.05) is 13.2 Å². The monoisotopic (exact) mass is 476 g/mol. The first-order chi connectivity index (χ1) is 11.9. The number of esters is 1. The number of amides is 1. The predicted molar refractivity (Wildman–Crippen MR) is 104 cm³/mol. The Hall–Kier alpha value is -1.61. The fourth-order valence-corrected chi connectivity index (χ4v) is 3.19. The van der Waals surface area contributed by atoms with Crippen LogP contribution in [0.2, 0.25) is 5.02 Å². The maximum atomic E-state index is 11.8. The van der Waals surface area contributed by atoms with Crippen molar-refractivity contribution in [1.29, 1.82) is 0 Å². The highest BCUT2D eigenvalue weighted by atomic mass is 127. The summed E-state index contributed by atoms with van der Waals surface area (Å²) >= 11 is 8.26. The molecular weight excluding hydrogens is 459 g/mol. The number of hydrogen-bond acceptors (Lipinski definition) is 5. The molecule has 1 unspecified atom stereocenters. The number of rotatable bonds is 7. The van der Waals surface area contributed by atoms with Crippen molar-refractivity contribution in [1.82, 2.24) is 10.3 Å². The molecule has 0 spiro atoms. The molecule has 1 N–H and O–H groups in total. The van der Waals surface area contributed by atoms with Crippen molar-refractivity contribution in [3.63, 3.8) is 0 Å². The summed E-state index contributed by atoms with van der Waals surface area (Å²) < 4.78 is 11.2. The molecule has 0 fully saturated rings. The molecule has 0 bridgehead atoms. The van der Waals surface area contributed by atoms with Gasteiger partial charge in [-0.15, -0.1) is 0 Å². The zero-order chi connectivity index (χ0) is 18.4. The van der Waals surface area contributed by atoms with Crippen LogP contribution in [0.5, 0.6) is 5.75 Å². The van der Waals surface area contributed by atoms with Crippen LogP contribution in [0.4, 0.5) is 0 Å². The molecule has 0 aliphatic carbocycles. The van der Waals surface area contributed by atoms with Gasteiger partial charge in [0.2, 0.25) is 0 Å². The molecule has 0 aliphatic rings. The van der Waals surface area contributed by atoms with Gasteiger partial charge in [-0.2, -0.15) is 0 Å². The Labute approximate surface area is 164 Å². The summed E-state index contributed by atoms with van der Waals surface area (Å²) in [6.07, 6.45) is 2.43. The average Bonchev–Trinajstić information content (AvgIpc) is 2.59. The molecule has 25 heavy (non-hydrogen) atoms. The lowest BCUT2D eigenvalue weighted by Gasteiger charge is -2.13. The number of carbonyl (C=O) groups excluding carboxylic acids is 2. The number of pyridine rings is 1. The van der Waals surface area contributed by atoms with E-state index in [9.17, 15) is 9.59 Å². The predicted octanol–water partition coefficient (Wildman–Crippen LogP) is 3.33. The summed E-state index contributed by atoms with van der Waals surface area (Å²) in [7, 11) is 0. The third kappa shape index (κ3) is 5.43. The minimum absolute atomic E-state index is 0.0375. The van der Waals surface area contributed by atoms with Gasteiger partial charge in [-0.1, -0.05) is 18.5 Å². The van der Waals surface area contributed by atoms with Gasteiger partial charge in [-0.25, -0.2) is 4.79 Å². The third-order valence-corrected chi connectivity index (χ3v) is 4.58. The fraction of sp³-hybridized carbons (Fsp3) is 0.353. The van der Waals surface area contributed by atoms with E-state index < -0.39 is 5.97 Å². The number of aromatic nitrogens is 1. The van der Waals surface area contributed by atoms with Gasteiger partial charge in [-0.05, 0) is 54.1 Å². The Bertz CT molecular complexity index is 785. The Morgan fingerprint density at radius 2 is 2.16 bits per heavy atom. The SMILES string of the molecule is CCC(C)NC(=O)COC(=O)COc1c(I)cc(Cl)c2cccnc12. The van der Waals surface area contributed by atoms with E-state index in [0.717, 1.165) is 15.4 Å². The standard InChI is InChI=1S/C17H18ClIN2O4/c1-3-10(2)21-14(22)8-24-15(23)9-25-17-13(19)7-12(18)11-5-4-6-20-16(11)17/h4-7,10H,3,8-9H2,1-2H3,(H,21,22). The topological polar surface area (TPSA) is 77.5 Å². The number of benzene rings is 1. The minimum Gasteiger partial charge on any atom is -0.478 e. The lowest BCUT2D eigenvalue weighted by molar-refractivity contribution is -0.150. The van der Waals surface area contributed by atoms with Gasteiger partial charge in [0.05, 0.1) is 8.59 Å². The van der Waals surface area contributed by atoms with Gasteiger partial charge in [0.15, 0.2) is 19.0 Å². The molecule has 0 radical (unpaired) electrons. The van der Waals surface area contributed by atoms with E-state index in [2.05, 4.69) is 32.9 Å². The number of hydrogen-bond donors (Lipinski definition) is 1. The summed E-state index contributed by atoms with van der Waals surface area (Å²) in [6.45, 7) is 3.18. The third-order valence-electron chi connectivity index (χ3n) is 3.47. The van der Waals surface area contributed by atoms with Crippen LogP contribution < -0.4 is 10.1 Å². The van der Waals surface area contributed by atoms with Crippen molar-refractivity contribution in [3.05, 3.63) is 33.0 Å². The van der Waals surface area contributed by atoms with Crippen molar-refractivity contribution in [2.24, 2.45) is 0 Å². The molecule has 0 saturated carbocycles. The first-order valence-electron chi connectivity index (χ1n) is 7.72. The second-order valence-corrected chi connectivity index (χ2v) is 6.96. The maximum Gasteiger partial charge on any atom is 0.344 e. The van der Waals surface area contributed by atoms with Crippen molar-refractivity contribution in [3.8, 4) is 5.75 Å². The van der Waals surface area contributed by atoms with E-state index in [1.54, 1.807) is 18.3 Å². The number of carbonyl (C=O) groups is 2. The van der Waals surface area contributed by atoms with Gasteiger partial charge < -0.3 is 14.8 Å². The highest BCUT2D eigenvalue weighted by Crippen LogP contribution is 2.34. The van der Waals surface area contributed by atoms with E-state index in [-0.39, 0.29) is 25.2 Å². The molecule has 8 heteroatoms. The first-order valence-corrected chi connectivity index (χ1v) is 9.18. The van der Waals surface area contributed by atoms with Crippen LogP contribution in [-0.2, 0) is 14.3 Å². The Morgan fingerprint density at radius 1 is 1.40 bits per heavy atom. The zero-order valence-corrected chi connectivity index (χ0v) is 16.8. The van der Waals surface area contributed by atoms with Gasteiger partial charge in [0, 0.05) is 17.6 Å². The summed E-state index contributed by atoms with van der Waals surface area (Å²) in [4.78, 5) is 27.7. The van der Waals surface area contributed by atoms with E-state index in [0.29, 0.717) is 16.3 Å². The quantitative estimate of drug-likeness (QED) is 0.490. The minimum atomic E-state index is -0.630. The molecule has 2 rings (SSSR count). The highest BCUT2D eigenvalue weighted by Gasteiger charge is 2.15. The largest absolute Gasteiger partial charge is 0.478 e. The Kier molecular flexibility index (Phi) is 7.24. The molecule has 2 aromatic rings. The lowest BCUT2D eigenvalue weighted by atomic mass is 10.2. The van der Waals surface area contributed by atoms with Gasteiger partial charge >= 0.3 is 5.97 Å². The number of nitrogens with one attached hydrogen (secondary N) is 1. The molecule has 6 nitrogen and oxygen atoms in total. The molecule has 1 aromatic carbocycles. The van der Waals surface area contributed by atoms with E-state index in [1.165, 1.54) is 0 Å². The molecule has 134 valence electrons. The molecular formula is C17H18ClIN2O4. The number of halogens is 2. The van der Waals surface area contributed by atoms with E-state index >= 15 is 0 Å². The number of fused-ring (bicyclic) bond motifs is 1. The zero-order valence-electron chi connectivity index (χ0n) is 13.8. The molecule has 1 heterocycles. The highest BCUT2D eigenvalue weighted by molar-refractivity contribution is 14.1. The van der Waals surface area contributed by atoms with Crippen LogP contribution in [0, 0.1) is 3.57 Å². The van der Waals surface area contributed by atoms with Gasteiger partial charge in [-0.3, -0.25) is 9.78 Å². The second kappa shape index (κ2) is 9.19. The van der Waals surface area contributed by atoms with Crippen molar-refractivity contribution >= 4 is 57.0 Å². The normalized spacial score (nSPS) is 11.8. The number of ether oxygens (including phenoxy) is 2. The summed E-state index contributed by atoms with van der Waals surface area (Å²) in [5.74, 6) is -0.508. The van der Waals surface area contributed by atoms with Crippen LogP contribution in [0.15, 0.2) is 24.4 Å². The number of nitrogens with zero attached hydrogens (tertiary/aromatic N) is 1. The molecule has 0 saturated heterocycles. The summed E-state index contributed by atoms with van der Waals surface area (Å²) in [5.41, 5.74) is 0.571. The molecule has 0 aliphatic heterocycles. The molecule has 1 atom stereocenters.